The highest BCUT2D eigenvalue weighted by Crippen LogP contribution is 2.25. The van der Waals surface area contributed by atoms with Crippen molar-refractivity contribution in [1.82, 2.24) is 19.5 Å². The largest absolute Gasteiger partial charge is 0.339 e. The molecule has 2 heterocycles. The molecule has 7 nitrogen and oxygen atoms in total. The van der Waals surface area contributed by atoms with E-state index < -0.39 is 16.1 Å². The highest BCUT2D eigenvalue weighted by atomic mass is 32.2. The van der Waals surface area contributed by atoms with E-state index in [1.165, 1.54) is 16.9 Å². The van der Waals surface area contributed by atoms with Crippen molar-refractivity contribution in [1.29, 1.82) is 0 Å². The second kappa shape index (κ2) is 10.5. The average Bonchev–Trinajstić information content (AvgIpc) is 3.18. The van der Waals surface area contributed by atoms with Gasteiger partial charge < -0.3 is 4.90 Å². The van der Waals surface area contributed by atoms with E-state index in [-0.39, 0.29) is 16.7 Å². The van der Waals surface area contributed by atoms with Gasteiger partial charge in [-0.15, -0.1) is 11.3 Å². The number of thiazole rings is 1. The predicted molar refractivity (Wildman–Crippen MR) is 136 cm³/mol. The molecular weight excluding hydrogens is 468 g/mol. The quantitative estimate of drug-likeness (QED) is 0.511. The maximum absolute atomic E-state index is 13.4. The Hall–Kier alpha value is -2.33. The molecule has 1 saturated heterocycles. The molecule has 1 unspecified atom stereocenters. The van der Waals surface area contributed by atoms with Crippen molar-refractivity contribution in [3.05, 3.63) is 59.1 Å². The molecule has 0 spiro atoms. The number of benzene rings is 2. The average molecular weight is 501 g/mol. The molecule has 0 aliphatic carbocycles. The second-order valence-corrected chi connectivity index (χ2v) is 12.2. The topological polar surface area (TPSA) is 82.6 Å². The van der Waals surface area contributed by atoms with Gasteiger partial charge in [0.15, 0.2) is 0 Å². The number of carbonyl (C=O) groups is 1. The lowest BCUT2D eigenvalue weighted by Crippen LogP contribution is -2.55. The van der Waals surface area contributed by atoms with Gasteiger partial charge in [-0.05, 0) is 43.0 Å². The lowest BCUT2D eigenvalue weighted by atomic mass is 10.0. The summed E-state index contributed by atoms with van der Waals surface area (Å²) in [7, 11) is -3.85. The van der Waals surface area contributed by atoms with E-state index in [1.54, 1.807) is 23.1 Å². The third-order valence-corrected chi connectivity index (χ3v) is 8.42. The molecule has 2 aromatic carbocycles. The zero-order valence-corrected chi connectivity index (χ0v) is 21.5. The summed E-state index contributed by atoms with van der Waals surface area (Å²) in [5.41, 5.74) is 2.03. The first-order valence-corrected chi connectivity index (χ1v) is 14.0. The fourth-order valence-corrected chi connectivity index (χ4v) is 6.47. The first kappa shape index (κ1) is 24.8. The number of aryl methyl sites for hydroxylation is 1. The number of nitrogens with one attached hydrogen (secondary N) is 1. The highest BCUT2D eigenvalue weighted by Gasteiger charge is 2.31. The van der Waals surface area contributed by atoms with Gasteiger partial charge in [0.2, 0.25) is 15.9 Å². The van der Waals surface area contributed by atoms with Crippen molar-refractivity contribution in [3.8, 4) is 0 Å². The number of sulfonamides is 1. The Morgan fingerprint density at radius 3 is 2.47 bits per heavy atom. The van der Waals surface area contributed by atoms with Crippen LogP contribution in [0.1, 0.15) is 30.8 Å². The van der Waals surface area contributed by atoms with Crippen LogP contribution in [0.5, 0.6) is 0 Å². The summed E-state index contributed by atoms with van der Waals surface area (Å²) in [5, 5.41) is 0.886. The summed E-state index contributed by atoms with van der Waals surface area (Å²) in [4.78, 5) is 22.1. The van der Waals surface area contributed by atoms with Gasteiger partial charge in [0.05, 0.1) is 20.1 Å². The Balaban J connectivity index is 1.44. The Morgan fingerprint density at radius 2 is 1.79 bits per heavy atom. The smallest absolute Gasteiger partial charge is 0.241 e. The Kier molecular flexibility index (Phi) is 7.67. The van der Waals surface area contributed by atoms with E-state index in [0.29, 0.717) is 19.5 Å². The lowest BCUT2D eigenvalue weighted by Gasteiger charge is -2.36. The lowest BCUT2D eigenvalue weighted by molar-refractivity contribution is -0.135. The number of carbonyl (C=O) groups excluding carboxylic acids is 1. The Labute approximate surface area is 205 Å². The second-order valence-electron chi connectivity index (χ2n) is 9.25. The van der Waals surface area contributed by atoms with Crippen molar-refractivity contribution >= 4 is 37.5 Å². The van der Waals surface area contributed by atoms with Crippen LogP contribution < -0.4 is 4.72 Å². The zero-order valence-electron chi connectivity index (χ0n) is 19.9. The van der Waals surface area contributed by atoms with E-state index in [9.17, 15) is 13.2 Å². The SMILES string of the molecule is Cc1nc2ccc(S(=O)(=O)NC(CC(C)C)C(=O)N3CCN(Cc4ccccc4)CC3)cc2s1. The van der Waals surface area contributed by atoms with Gasteiger partial charge in [0.1, 0.15) is 6.04 Å². The molecule has 9 heteroatoms. The summed E-state index contributed by atoms with van der Waals surface area (Å²) in [6.07, 6.45) is 0.449. The molecular formula is C25H32N4O3S2. The number of piperazine rings is 1. The number of nitrogens with zero attached hydrogens (tertiary/aromatic N) is 3. The van der Waals surface area contributed by atoms with Crippen molar-refractivity contribution in [2.45, 2.75) is 44.7 Å². The number of fused-ring (bicyclic) bond motifs is 1. The Bertz CT molecular complexity index is 1230. The van der Waals surface area contributed by atoms with Crippen LogP contribution in [0.3, 0.4) is 0 Å². The highest BCUT2D eigenvalue weighted by molar-refractivity contribution is 7.89. The summed E-state index contributed by atoms with van der Waals surface area (Å²) in [6, 6.07) is 14.4. The molecule has 182 valence electrons. The van der Waals surface area contributed by atoms with Crippen LogP contribution in [0.2, 0.25) is 0 Å². The first-order valence-electron chi connectivity index (χ1n) is 11.7. The molecule has 0 bridgehead atoms. The minimum Gasteiger partial charge on any atom is -0.339 e. The predicted octanol–water partition coefficient (Wildman–Crippen LogP) is 3.64. The fourth-order valence-electron chi connectivity index (χ4n) is 4.30. The van der Waals surface area contributed by atoms with Gasteiger partial charge >= 0.3 is 0 Å². The maximum atomic E-state index is 13.4. The van der Waals surface area contributed by atoms with Gasteiger partial charge in [0.25, 0.3) is 0 Å². The summed E-state index contributed by atoms with van der Waals surface area (Å²) in [5.74, 6) is 0.0222. The van der Waals surface area contributed by atoms with Crippen molar-refractivity contribution < 1.29 is 13.2 Å². The maximum Gasteiger partial charge on any atom is 0.241 e. The van der Waals surface area contributed by atoms with Crippen molar-refractivity contribution in [2.75, 3.05) is 26.2 Å². The molecule has 1 N–H and O–H groups in total. The molecule has 1 fully saturated rings. The van der Waals surface area contributed by atoms with Crippen molar-refractivity contribution in [3.63, 3.8) is 0 Å². The van der Waals surface area contributed by atoms with Crippen LogP contribution >= 0.6 is 11.3 Å². The van der Waals surface area contributed by atoms with Crippen LogP contribution in [0, 0.1) is 12.8 Å². The fraction of sp³-hybridized carbons (Fsp3) is 0.440. The van der Waals surface area contributed by atoms with Gasteiger partial charge in [-0.3, -0.25) is 9.69 Å². The minimum atomic E-state index is -3.85. The molecule has 1 aliphatic heterocycles. The minimum absolute atomic E-state index is 0.147. The molecule has 1 aliphatic rings. The molecule has 0 radical (unpaired) electrons. The standard InChI is InChI=1S/C25H32N4O3S2/c1-18(2)15-23(27-34(31,32)21-9-10-22-24(16-21)33-19(3)26-22)25(30)29-13-11-28(12-14-29)17-20-7-5-4-6-8-20/h4-10,16,18,23,27H,11-15,17H2,1-3H3. The normalized spacial score (nSPS) is 16.3. The van der Waals surface area contributed by atoms with E-state index in [2.05, 4.69) is 26.7 Å². The van der Waals surface area contributed by atoms with E-state index in [1.807, 2.05) is 39.0 Å². The van der Waals surface area contributed by atoms with Gasteiger partial charge in [-0.25, -0.2) is 13.4 Å². The molecule has 1 aromatic heterocycles. The number of hydrogen-bond donors (Lipinski definition) is 1. The van der Waals surface area contributed by atoms with E-state index in [0.717, 1.165) is 34.9 Å². The molecule has 34 heavy (non-hydrogen) atoms. The summed E-state index contributed by atoms with van der Waals surface area (Å²) >= 11 is 1.46. The van der Waals surface area contributed by atoms with Crippen molar-refractivity contribution in [2.24, 2.45) is 5.92 Å². The van der Waals surface area contributed by atoms with E-state index in [4.69, 9.17) is 0 Å². The van der Waals surface area contributed by atoms with Crippen LogP contribution in [-0.4, -0.2) is 61.3 Å². The third kappa shape index (κ3) is 6.02. The van der Waals surface area contributed by atoms with E-state index >= 15 is 0 Å². The number of aromatic nitrogens is 1. The Morgan fingerprint density at radius 1 is 1.09 bits per heavy atom. The number of hydrogen-bond acceptors (Lipinski definition) is 6. The number of amides is 1. The summed E-state index contributed by atoms with van der Waals surface area (Å²) < 4.78 is 30.0. The van der Waals surface area contributed by atoms with Gasteiger partial charge in [0, 0.05) is 32.7 Å². The van der Waals surface area contributed by atoms with Crippen LogP contribution in [0.25, 0.3) is 10.2 Å². The first-order chi connectivity index (χ1) is 16.2. The number of rotatable bonds is 8. The molecule has 3 aromatic rings. The molecule has 0 saturated carbocycles. The van der Waals surface area contributed by atoms with Crippen LogP contribution in [0.15, 0.2) is 53.4 Å². The molecule has 4 rings (SSSR count). The van der Waals surface area contributed by atoms with Crippen LogP contribution in [0.4, 0.5) is 0 Å². The zero-order chi connectivity index (χ0) is 24.3. The molecule has 1 atom stereocenters. The van der Waals surface area contributed by atoms with Crippen LogP contribution in [-0.2, 0) is 21.4 Å². The monoisotopic (exact) mass is 500 g/mol. The van der Waals surface area contributed by atoms with Gasteiger partial charge in [-0.1, -0.05) is 44.2 Å². The molecule has 1 amide bonds. The third-order valence-electron chi connectivity index (χ3n) is 6.01. The summed E-state index contributed by atoms with van der Waals surface area (Å²) in [6.45, 7) is 9.46. The van der Waals surface area contributed by atoms with Gasteiger partial charge in [-0.2, -0.15) is 4.72 Å².